The molecule has 0 saturated carbocycles. The van der Waals surface area contributed by atoms with Crippen LogP contribution in [0.5, 0.6) is 0 Å². The van der Waals surface area contributed by atoms with Crippen LogP contribution in [0.15, 0.2) is 17.1 Å². The van der Waals surface area contributed by atoms with Crippen LogP contribution in [-0.4, -0.2) is 47.1 Å². The first-order valence-corrected chi connectivity index (χ1v) is 12.6. The van der Waals surface area contributed by atoms with Gasteiger partial charge < -0.3 is 21.3 Å². The van der Waals surface area contributed by atoms with Crippen molar-refractivity contribution in [1.29, 1.82) is 0 Å². The van der Waals surface area contributed by atoms with Crippen LogP contribution in [-0.2, 0) is 9.59 Å². The van der Waals surface area contributed by atoms with Crippen LogP contribution in [0, 0.1) is 0 Å². The molecular weight excluding hydrogens is 406 g/mol. The van der Waals surface area contributed by atoms with E-state index in [0.29, 0.717) is 0 Å². The molecule has 7 heteroatoms. The SMILES string of the molecule is CCCCCCCC/C=C\CCCCCCCCC1=NCCN1.N[C@@H](CC(=O)O)C(=O)O. The van der Waals surface area contributed by atoms with E-state index < -0.39 is 24.4 Å². The van der Waals surface area contributed by atoms with E-state index in [1.54, 1.807) is 0 Å². The van der Waals surface area contributed by atoms with Gasteiger partial charge in [-0.3, -0.25) is 14.6 Å². The molecular formula is C25H47N3O4. The number of aliphatic imine (C=N–C) groups is 1. The van der Waals surface area contributed by atoms with Gasteiger partial charge in [-0.1, -0.05) is 76.9 Å². The lowest BCUT2D eigenvalue weighted by atomic mass is 10.1. The van der Waals surface area contributed by atoms with E-state index in [1.807, 2.05) is 0 Å². The van der Waals surface area contributed by atoms with Crippen LogP contribution in [0.3, 0.4) is 0 Å². The summed E-state index contributed by atoms with van der Waals surface area (Å²) in [6.45, 7) is 4.33. The first-order valence-electron chi connectivity index (χ1n) is 12.6. The summed E-state index contributed by atoms with van der Waals surface area (Å²) in [4.78, 5) is 24.1. The summed E-state index contributed by atoms with van der Waals surface area (Å²) >= 11 is 0. The van der Waals surface area contributed by atoms with Gasteiger partial charge in [0.25, 0.3) is 0 Å². The van der Waals surface area contributed by atoms with Crippen molar-refractivity contribution in [3.8, 4) is 0 Å². The van der Waals surface area contributed by atoms with Crippen molar-refractivity contribution in [2.45, 2.75) is 116 Å². The summed E-state index contributed by atoms with van der Waals surface area (Å²) in [5.41, 5.74) is 4.84. The molecule has 0 fully saturated rings. The van der Waals surface area contributed by atoms with E-state index in [-0.39, 0.29) is 0 Å². The number of aliphatic carboxylic acids is 2. The fourth-order valence-electron chi connectivity index (χ4n) is 3.43. The zero-order valence-corrected chi connectivity index (χ0v) is 20.2. The van der Waals surface area contributed by atoms with E-state index in [4.69, 9.17) is 15.9 Å². The molecule has 0 spiro atoms. The van der Waals surface area contributed by atoms with Gasteiger partial charge in [0.2, 0.25) is 0 Å². The molecule has 0 unspecified atom stereocenters. The third kappa shape index (κ3) is 21.3. The highest BCUT2D eigenvalue weighted by molar-refractivity contribution is 5.83. The number of carboxylic acid groups (broad SMARTS) is 2. The van der Waals surface area contributed by atoms with E-state index >= 15 is 0 Å². The number of amidine groups is 1. The number of rotatable bonds is 19. The van der Waals surface area contributed by atoms with Crippen molar-refractivity contribution in [1.82, 2.24) is 5.32 Å². The number of carbonyl (C=O) groups is 2. The number of carboxylic acids is 2. The normalized spacial score (nSPS) is 13.9. The Kier molecular flexibility index (Phi) is 21.0. The standard InChI is InChI=1S/C21H40N2.C4H7NO4/c1-2-3-4-5-6-7-8-9-10-11-12-13-14-15-16-17-18-21-22-19-20-23-21;5-2(4(8)9)1-3(6)7/h9-10H,2-8,11-20H2,1H3,(H,22,23);2H,1,5H2,(H,6,7)(H,8,9)/b10-9-;/t;2-/m.0/s1. The molecule has 0 aliphatic carbocycles. The van der Waals surface area contributed by atoms with E-state index in [9.17, 15) is 9.59 Å². The molecule has 1 heterocycles. The van der Waals surface area contributed by atoms with Crippen molar-refractivity contribution in [2.24, 2.45) is 10.7 Å². The first kappa shape index (κ1) is 30.1. The van der Waals surface area contributed by atoms with Crippen molar-refractivity contribution < 1.29 is 19.8 Å². The highest BCUT2D eigenvalue weighted by Gasteiger charge is 2.14. The van der Waals surface area contributed by atoms with Gasteiger partial charge in [-0.2, -0.15) is 0 Å². The van der Waals surface area contributed by atoms with Crippen molar-refractivity contribution in [3.63, 3.8) is 0 Å². The third-order valence-electron chi connectivity index (χ3n) is 5.38. The predicted octanol–water partition coefficient (Wildman–Crippen LogP) is 5.29. The molecule has 0 aromatic rings. The van der Waals surface area contributed by atoms with Crippen molar-refractivity contribution >= 4 is 17.8 Å². The summed E-state index contributed by atoms with van der Waals surface area (Å²) in [5.74, 6) is -1.25. The van der Waals surface area contributed by atoms with Gasteiger partial charge in [-0.25, -0.2) is 0 Å². The molecule has 1 rings (SSSR count). The van der Waals surface area contributed by atoms with Gasteiger partial charge in [-0.15, -0.1) is 0 Å². The highest BCUT2D eigenvalue weighted by atomic mass is 16.4. The fraction of sp³-hybridized carbons (Fsp3) is 0.800. The topological polar surface area (TPSA) is 125 Å². The zero-order chi connectivity index (χ0) is 23.9. The summed E-state index contributed by atoms with van der Waals surface area (Å²) in [6, 6.07) is -1.29. The lowest BCUT2D eigenvalue weighted by Gasteiger charge is -2.02. The van der Waals surface area contributed by atoms with Crippen LogP contribution >= 0.6 is 0 Å². The first-order chi connectivity index (χ1) is 15.5. The Bertz CT molecular complexity index is 535. The van der Waals surface area contributed by atoms with Gasteiger partial charge in [-0.05, 0) is 32.1 Å². The Hall–Kier alpha value is -1.89. The van der Waals surface area contributed by atoms with E-state index in [2.05, 4.69) is 29.4 Å². The largest absolute Gasteiger partial charge is 0.481 e. The Balaban J connectivity index is 0.000000900. The molecule has 0 aromatic carbocycles. The molecule has 0 radical (unpaired) electrons. The summed E-state index contributed by atoms with van der Waals surface area (Å²) in [6.07, 6.45) is 24.8. The number of nitrogens with one attached hydrogen (secondary N) is 1. The minimum atomic E-state index is -1.29. The second-order valence-corrected chi connectivity index (χ2v) is 8.49. The molecule has 0 amide bonds. The summed E-state index contributed by atoms with van der Waals surface area (Å²) in [7, 11) is 0. The summed E-state index contributed by atoms with van der Waals surface area (Å²) < 4.78 is 0. The molecule has 0 aromatic heterocycles. The zero-order valence-electron chi connectivity index (χ0n) is 20.2. The maximum absolute atomic E-state index is 9.85. The van der Waals surface area contributed by atoms with E-state index in [0.717, 1.165) is 13.1 Å². The second kappa shape index (κ2) is 22.3. The van der Waals surface area contributed by atoms with E-state index in [1.165, 1.54) is 102 Å². The highest BCUT2D eigenvalue weighted by Crippen LogP contribution is 2.11. The molecule has 1 aliphatic rings. The molecule has 186 valence electrons. The van der Waals surface area contributed by atoms with Crippen LogP contribution in [0.1, 0.15) is 110 Å². The average Bonchev–Trinajstić information content (AvgIpc) is 3.27. The smallest absolute Gasteiger partial charge is 0.321 e. The lowest BCUT2D eigenvalue weighted by molar-refractivity contribution is -0.144. The molecule has 5 N–H and O–H groups in total. The molecule has 0 saturated heterocycles. The second-order valence-electron chi connectivity index (χ2n) is 8.49. The van der Waals surface area contributed by atoms with Crippen molar-refractivity contribution in [3.05, 3.63) is 12.2 Å². The molecule has 1 aliphatic heterocycles. The van der Waals surface area contributed by atoms with Crippen LogP contribution < -0.4 is 11.1 Å². The molecule has 0 bridgehead atoms. The van der Waals surface area contributed by atoms with Gasteiger partial charge >= 0.3 is 11.9 Å². The van der Waals surface area contributed by atoms with Gasteiger partial charge in [0.15, 0.2) is 0 Å². The number of nitrogens with two attached hydrogens (primary N) is 1. The summed E-state index contributed by atoms with van der Waals surface area (Å²) in [5, 5.41) is 19.4. The Morgan fingerprint density at radius 2 is 1.47 bits per heavy atom. The van der Waals surface area contributed by atoms with Gasteiger partial charge in [0.1, 0.15) is 6.04 Å². The number of unbranched alkanes of at least 4 members (excludes halogenated alkanes) is 12. The monoisotopic (exact) mass is 453 g/mol. The number of allylic oxidation sites excluding steroid dienone is 2. The van der Waals surface area contributed by atoms with Crippen LogP contribution in [0.4, 0.5) is 0 Å². The van der Waals surface area contributed by atoms with Crippen LogP contribution in [0.25, 0.3) is 0 Å². The maximum atomic E-state index is 9.85. The lowest BCUT2D eigenvalue weighted by Crippen LogP contribution is -2.32. The molecule has 32 heavy (non-hydrogen) atoms. The van der Waals surface area contributed by atoms with Crippen molar-refractivity contribution in [2.75, 3.05) is 13.1 Å². The van der Waals surface area contributed by atoms with Crippen LogP contribution in [0.2, 0.25) is 0 Å². The predicted molar refractivity (Wildman–Crippen MR) is 132 cm³/mol. The maximum Gasteiger partial charge on any atom is 0.321 e. The number of hydrogen-bond donors (Lipinski definition) is 4. The molecule has 7 nitrogen and oxygen atoms in total. The fourth-order valence-corrected chi connectivity index (χ4v) is 3.43. The van der Waals surface area contributed by atoms with Gasteiger partial charge in [0, 0.05) is 13.0 Å². The molecule has 1 atom stereocenters. The van der Waals surface area contributed by atoms with Gasteiger partial charge in [0.05, 0.1) is 18.8 Å². The average molecular weight is 454 g/mol. The Morgan fingerprint density at radius 3 is 1.91 bits per heavy atom. The quantitative estimate of drug-likeness (QED) is 0.156. The minimum Gasteiger partial charge on any atom is -0.481 e. The Labute approximate surface area is 195 Å². The Morgan fingerprint density at radius 1 is 0.938 bits per heavy atom. The third-order valence-corrected chi connectivity index (χ3v) is 5.38. The number of nitrogens with zero attached hydrogens (tertiary/aromatic N) is 1. The number of hydrogen-bond acceptors (Lipinski definition) is 5. The minimum absolute atomic E-state index is 0.532.